The fourth-order valence-electron chi connectivity index (χ4n) is 2.86. The number of halogens is 1. The van der Waals surface area contributed by atoms with E-state index in [-0.39, 0.29) is 24.2 Å². The highest BCUT2D eigenvalue weighted by Gasteiger charge is 2.25. The van der Waals surface area contributed by atoms with Gasteiger partial charge in [-0.3, -0.25) is 14.5 Å². The van der Waals surface area contributed by atoms with Gasteiger partial charge in [0.1, 0.15) is 11.6 Å². The predicted octanol–water partition coefficient (Wildman–Crippen LogP) is 2.12. The van der Waals surface area contributed by atoms with Crippen molar-refractivity contribution in [3.05, 3.63) is 53.7 Å². The molecule has 1 fully saturated rings. The highest BCUT2D eigenvalue weighted by Crippen LogP contribution is 2.14. The zero-order valence-corrected chi connectivity index (χ0v) is 14.0. The molecule has 2 heterocycles. The molecule has 0 saturated carbocycles. The average Bonchev–Trinajstić information content (AvgIpc) is 3.01. The van der Waals surface area contributed by atoms with Crippen molar-refractivity contribution in [2.45, 2.75) is 6.92 Å². The number of carbonyl (C=O) groups excluding carboxylic acids is 2. The number of benzene rings is 1. The highest BCUT2D eigenvalue weighted by atomic mass is 19.1. The summed E-state index contributed by atoms with van der Waals surface area (Å²) in [5.41, 5.74) is 1.02. The molecule has 0 bridgehead atoms. The summed E-state index contributed by atoms with van der Waals surface area (Å²) in [6.07, 6.45) is 1.51. The summed E-state index contributed by atoms with van der Waals surface area (Å²) in [6, 6.07) is 7.48. The molecule has 1 N–H and O–H groups in total. The molecule has 0 aliphatic carbocycles. The Morgan fingerprint density at radius 3 is 2.60 bits per heavy atom. The molecular formula is C18H20FN3O3. The van der Waals surface area contributed by atoms with E-state index in [1.165, 1.54) is 18.4 Å². The molecule has 0 radical (unpaired) electrons. The van der Waals surface area contributed by atoms with Crippen molar-refractivity contribution < 1.29 is 18.4 Å². The van der Waals surface area contributed by atoms with E-state index in [0.717, 1.165) is 0 Å². The van der Waals surface area contributed by atoms with Crippen LogP contribution in [0.15, 0.2) is 41.0 Å². The fraction of sp³-hybridized carbons (Fsp3) is 0.333. The van der Waals surface area contributed by atoms with Crippen molar-refractivity contribution in [1.82, 2.24) is 9.80 Å². The van der Waals surface area contributed by atoms with Crippen LogP contribution < -0.4 is 5.32 Å². The molecule has 1 aromatic heterocycles. The first kappa shape index (κ1) is 17.2. The summed E-state index contributed by atoms with van der Waals surface area (Å²) >= 11 is 0. The van der Waals surface area contributed by atoms with Crippen molar-refractivity contribution in [3.8, 4) is 0 Å². The molecule has 132 valence electrons. The lowest BCUT2D eigenvalue weighted by Crippen LogP contribution is -2.50. The number of carbonyl (C=O) groups is 2. The number of nitrogens with zero attached hydrogens (tertiary/aromatic N) is 2. The van der Waals surface area contributed by atoms with Crippen LogP contribution in [0.5, 0.6) is 0 Å². The molecule has 1 aromatic carbocycles. The molecule has 0 unspecified atom stereocenters. The first-order valence-electron chi connectivity index (χ1n) is 8.14. The van der Waals surface area contributed by atoms with E-state index in [2.05, 4.69) is 5.32 Å². The quantitative estimate of drug-likeness (QED) is 0.922. The summed E-state index contributed by atoms with van der Waals surface area (Å²) in [5, 5.41) is 2.68. The van der Waals surface area contributed by atoms with E-state index in [4.69, 9.17) is 4.42 Å². The van der Waals surface area contributed by atoms with Gasteiger partial charge in [0, 0.05) is 31.9 Å². The molecule has 25 heavy (non-hydrogen) atoms. The Bertz CT molecular complexity index is 766. The van der Waals surface area contributed by atoms with Crippen LogP contribution >= 0.6 is 0 Å². The lowest BCUT2D eigenvalue weighted by atomic mass is 10.2. The van der Waals surface area contributed by atoms with E-state index in [1.54, 1.807) is 30.0 Å². The van der Waals surface area contributed by atoms with Crippen molar-refractivity contribution >= 4 is 17.5 Å². The smallest absolute Gasteiger partial charge is 0.257 e. The number of furan rings is 1. The Morgan fingerprint density at radius 1 is 1.20 bits per heavy atom. The SMILES string of the molecule is Cc1occc1C(=O)N1CCN(CC(=O)Nc2cccc(F)c2)CC1. The number of aryl methyl sites for hydroxylation is 1. The van der Waals surface area contributed by atoms with Gasteiger partial charge in [-0.2, -0.15) is 0 Å². The molecule has 3 rings (SSSR count). The van der Waals surface area contributed by atoms with Crippen LogP contribution in [0.4, 0.5) is 10.1 Å². The molecule has 2 amide bonds. The van der Waals surface area contributed by atoms with E-state index in [1.807, 2.05) is 4.90 Å². The van der Waals surface area contributed by atoms with Crippen LogP contribution in [0, 0.1) is 12.7 Å². The van der Waals surface area contributed by atoms with Crippen molar-refractivity contribution in [2.75, 3.05) is 38.0 Å². The van der Waals surface area contributed by atoms with Gasteiger partial charge >= 0.3 is 0 Å². The predicted molar refractivity (Wildman–Crippen MR) is 90.8 cm³/mol. The Balaban J connectivity index is 1.48. The third-order valence-electron chi connectivity index (χ3n) is 4.22. The van der Waals surface area contributed by atoms with E-state index in [0.29, 0.717) is 43.2 Å². The number of hydrogen-bond acceptors (Lipinski definition) is 4. The Hall–Kier alpha value is -2.67. The van der Waals surface area contributed by atoms with E-state index >= 15 is 0 Å². The van der Waals surface area contributed by atoms with Crippen LogP contribution in [0.2, 0.25) is 0 Å². The number of piperazine rings is 1. The zero-order chi connectivity index (χ0) is 17.8. The summed E-state index contributed by atoms with van der Waals surface area (Å²) in [5.74, 6) is -0.0208. The maximum absolute atomic E-state index is 13.1. The van der Waals surface area contributed by atoms with Crippen molar-refractivity contribution in [2.24, 2.45) is 0 Å². The van der Waals surface area contributed by atoms with E-state index < -0.39 is 0 Å². The molecule has 2 aromatic rings. The highest BCUT2D eigenvalue weighted by molar-refractivity contribution is 5.95. The van der Waals surface area contributed by atoms with Gasteiger partial charge < -0.3 is 14.6 Å². The molecule has 1 aliphatic rings. The second-order valence-electron chi connectivity index (χ2n) is 6.02. The third-order valence-corrected chi connectivity index (χ3v) is 4.22. The van der Waals surface area contributed by atoms with Gasteiger partial charge in [0.15, 0.2) is 0 Å². The van der Waals surface area contributed by atoms with Gasteiger partial charge in [-0.1, -0.05) is 6.07 Å². The van der Waals surface area contributed by atoms with Crippen LogP contribution in [0.3, 0.4) is 0 Å². The molecule has 1 aliphatic heterocycles. The molecule has 0 atom stereocenters. The first-order chi connectivity index (χ1) is 12.0. The van der Waals surface area contributed by atoms with Crippen LogP contribution in [0.1, 0.15) is 16.1 Å². The Labute approximate surface area is 145 Å². The summed E-state index contributed by atoms with van der Waals surface area (Å²) in [4.78, 5) is 28.2. The van der Waals surface area contributed by atoms with Crippen molar-refractivity contribution in [3.63, 3.8) is 0 Å². The topological polar surface area (TPSA) is 65.8 Å². The number of hydrogen-bond donors (Lipinski definition) is 1. The summed E-state index contributed by atoms with van der Waals surface area (Å²) < 4.78 is 18.3. The molecule has 0 spiro atoms. The Morgan fingerprint density at radius 2 is 1.96 bits per heavy atom. The van der Waals surface area contributed by atoms with Gasteiger partial charge in [-0.15, -0.1) is 0 Å². The van der Waals surface area contributed by atoms with Gasteiger partial charge in [-0.25, -0.2) is 4.39 Å². The van der Waals surface area contributed by atoms with Gasteiger partial charge in [0.05, 0.1) is 18.4 Å². The maximum Gasteiger partial charge on any atom is 0.257 e. The number of amides is 2. The number of anilines is 1. The fourth-order valence-corrected chi connectivity index (χ4v) is 2.86. The third kappa shape index (κ3) is 4.24. The Kier molecular flexibility index (Phi) is 5.14. The minimum atomic E-state index is -0.389. The van der Waals surface area contributed by atoms with Crippen LogP contribution in [-0.4, -0.2) is 54.3 Å². The van der Waals surface area contributed by atoms with Gasteiger partial charge in [0.25, 0.3) is 5.91 Å². The average molecular weight is 345 g/mol. The minimum Gasteiger partial charge on any atom is -0.469 e. The van der Waals surface area contributed by atoms with Gasteiger partial charge in [-0.05, 0) is 31.2 Å². The maximum atomic E-state index is 13.1. The second kappa shape index (κ2) is 7.48. The monoisotopic (exact) mass is 345 g/mol. The van der Waals surface area contributed by atoms with Crippen LogP contribution in [-0.2, 0) is 4.79 Å². The molecule has 1 saturated heterocycles. The van der Waals surface area contributed by atoms with Crippen LogP contribution in [0.25, 0.3) is 0 Å². The summed E-state index contributed by atoms with van der Waals surface area (Å²) in [7, 11) is 0. The number of rotatable bonds is 4. The minimum absolute atomic E-state index is 0.0462. The lowest BCUT2D eigenvalue weighted by Gasteiger charge is -2.34. The molecule has 7 heteroatoms. The summed E-state index contributed by atoms with van der Waals surface area (Å²) in [6.45, 7) is 4.30. The van der Waals surface area contributed by atoms with Gasteiger partial charge in [0.2, 0.25) is 5.91 Å². The van der Waals surface area contributed by atoms with E-state index in [9.17, 15) is 14.0 Å². The standard InChI is InChI=1S/C18H20FN3O3/c1-13-16(5-10-25-13)18(24)22-8-6-21(7-9-22)12-17(23)20-15-4-2-3-14(19)11-15/h2-5,10-11H,6-9,12H2,1H3,(H,20,23). The lowest BCUT2D eigenvalue weighted by molar-refractivity contribution is -0.117. The number of nitrogens with one attached hydrogen (secondary N) is 1. The molecular weight excluding hydrogens is 325 g/mol. The normalized spacial score (nSPS) is 15.2. The largest absolute Gasteiger partial charge is 0.469 e. The van der Waals surface area contributed by atoms with Crippen molar-refractivity contribution in [1.29, 1.82) is 0 Å². The first-order valence-corrected chi connectivity index (χ1v) is 8.14. The molecule has 6 nitrogen and oxygen atoms in total. The zero-order valence-electron chi connectivity index (χ0n) is 14.0. The second-order valence-corrected chi connectivity index (χ2v) is 6.02.